The van der Waals surface area contributed by atoms with Crippen LogP contribution in [0.25, 0.3) is 10.9 Å². The highest BCUT2D eigenvalue weighted by Crippen LogP contribution is 2.18. The Labute approximate surface area is 124 Å². The molecule has 0 aliphatic heterocycles. The molecule has 2 rings (SSSR count). The third-order valence-corrected chi connectivity index (χ3v) is 2.61. The predicted octanol–water partition coefficient (Wildman–Crippen LogP) is 3.14. The summed E-state index contributed by atoms with van der Waals surface area (Å²) in [5.74, 6) is 0.751. The minimum Gasteiger partial charge on any atom is -0.492 e. The smallest absolute Gasteiger partial charge is 0.407 e. The van der Waals surface area contributed by atoms with Crippen LogP contribution in [0.1, 0.15) is 20.8 Å². The van der Waals surface area contributed by atoms with E-state index in [1.807, 2.05) is 51.1 Å². The molecule has 5 heteroatoms. The summed E-state index contributed by atoms with van der Waals surface area (Å²) >= 11 is 0. The van der Waals surface area contributed by atoms with Crippen LogP contribution in [-0.2, 0) is 4.74 Å². The molecule has 1 aromatic heterocycles. The number of pyridine rings is 1. The minimum atomic E-state index is -0.490. The lowest BCUT2D eigenvalue weighted by Crippen LogP contribution is -2.34. The van der Waals surface area contributed by atoms with Gasteiger partial charge in [0.25, 0.3) is 0 Å². The molecular weight excluding hydrogens is 268 g/mol. The number of ether oxygens (including phenoxy) is 2. The van der Waals surface area contributed by atoms with Crippen LogP contribution in [0.4, 0.5) is 4.79 Å². The van der Waals surface area contributed by atoms with E-state index in [-0.39, 0.29) is 0 Å². The normalized spacial score (nSPS) is 11.2. The number of fused-ring (bicyclic) bond motifs is 1. The molecule has 0 radical (unpaired) electrons. The third-order valence-electron chi connectivity index (χ3n) is 2.61. The number of hydrogen-bond acceptors (Lipinski definition) is 4. The Balaban J connectivity index is 1.79. The molecule has 1 heterocycles. The predicted molar refractivity (Wildman–Crippen MR) is 81.5 cm³/mol. The van der Waals surface area contributed by atoms with Crippen LogP contribution in [-0.4, -0.2) is 29.8 Å². The number of aromatic nitrogens is 1. The molecule has 0 spiro atoms. The van der Waals surface area contributed by atoms with Crippen molar-refractivity contribution in [2.45, 2.75) is 26.4 Å². The van der Waals surface area contributed by atoms with Crippen molar-refractivity contribution in [2.75, 3.05) is 13.2 Å². The van der Waals surface area contributed by atoms with Crippen molar-refractivity contribution in [3.8, 4) is 5.75 Å². The Morgan fingerprint density at radius 1 is 1.29 bits per heavy atom. The van der Waals surface area contributed by atoms with Gasteiger partial charge in [0.15, 0.2) is 0 Å². The highest BCUT2D eigenvalue weighted by molar-refractivity contribution is 5.79. The van der Waals surface area contributed by atoms with Gasteiger partial charge >= 0.3 is 6.09 Å². The summed E-state index contributed by atoms with van der Waals surface area (Å²) in [5, 5.41) is 3.67. The molecule has 1 aromatic carbocycles. The van der Waals surface area contributed by atoms with Crippen LogP contribution in [0.2, 0.25) is 0 Å². The van der Waals surface area contributed by atoms with Gasteiger partial charge in [-0.05, 0) is 45.0 Å². The molecule has 1 amide bonds. The van der Waals surface area contributed by atoms with Gasteiger partial charge in [-0.1, -0.05) is 6.07 Å². The zero-order valence-corrected chi connectivity index (χ0v) is 12.6. The standard InChI is InChI=1S/C16H20N2O3/c1-16(2,3)21-15(19)18-9-10-20-13-6-7-14-12(11-13)5-4-8-17-14/h4-8,11H,9-10H2,1-3H3,(H,18,19). The molecule has 0 unspecified atom stereocenters. The van der Waals surface area contributed by atoms with Crippen LogP contribution in [0.3, 0.4) is 0 Å². The summed E-state index contributed by atoms with van der Waals surface area (Å²) in [6.45, 7) is 6.25. The number of carbonyl (C=O) groups is 1. The second-order valence-corrected chi connectivity index (χ2v) is 5.64. The first-order valence-corrected chi connectivity index (χ1v) is 6.88. The average Bonchev–Trinajstić information content (AvgIpc) is 2.41. The number of carbonyl (C=O) groups excluding carboxylic acids is 1. The maximum Gasteiger partial charge on any atom is 0.407 e. The summed E-state index contributed by atoms with van der Waals surface area (Å²) in [6.07, 6.45) is 1.32. The van der Waals surface area contributed by atoms with Crippen LogP contribution in [0.15, 0.2) is 36.5 Å². The van der Waals surface area contributed by atoms with E-state index in [9.17, 15) is 4.79 Å². The van der Waals surface area contributed by atoms with E-state index in [0.29, 0.717) is 13.2 Å². The summed E-state index contributed by atoms with van der Waals surface area (Å²) in [5.41, 5.74) is 0.438. The van der Waals surface area contributed by atoms with E-state index in [1.54, 1.807) is 6.20 Å². The van der Waals surface area contributed by atoms with Crippen molar-refractivity contribution in [1.29, 1.82) is 0 Å². The molecule has 5 nitrogen and oxygen atoms in total. The Bertz CT molecular complexity index is 620. The van der Waals surface area contributed by atoms with Gasteiger partial charge < -0.3 is 14.8 Å². The number of benzene rings is 1. The van der Waals surface area contributed by atoms with Gasteiger partial charge in [0.05, 0.1) is 12.1 Å². The van der Waals surface area contributed by atoms with E-state index in [1.165, 1.54) is 0 Å². The molecule has 1 N–H and O–H groups in total. The van der Waals surface area contributed by atoms with Gasteiger partial charge in [0.2, 0.25) is 0 Å². The summed E-state index contributed by atoms with van der Waals surface area (Å²) in [6, 6.07) is 9.56. The van der Waals surface area contributed by atoms with Crippen molar-refractivity contribution in [1.82, 2.24) is 10.3 Å². The molecule has 0 aliphatic rings. The number of nitrogens with one attached hydrogen (secondary N) is 1. The molecule has 0 aliphatic carbocycles. The lowest BCUT2D eigenvalue weighted by Gasteiger charge is -2.19. The van der Waals surface area contributed by atoms with E-state index in [4.69, 9.17) is 9.47 Å². The molecule has 0 saturated carbocycles. The quantitative estimate of drug-likeness (QED) is 0.878. The highest BCUT2D eigenvalue weighted by atomic mass is 16.6. The summed E-state index contributed by atoms with van der Waals surface area (Å²) < 4.78 is 10.7. The van der Waals surface area contributed by atoms with Gasteiger partial charge in [-0.15, -0.1) is 0 Å². The molecule has 0 bridgehead atoms. The lowest BCUT2D eigenvalue weighted by atomic mass is 10.2. The highest BCUT2D eigenvalue weighted by Gasteiger charge is 2.15. The van der Waals surface area contributed by atoms with E-state index in [0.717, 1.165) is 16.7 Å². The maximum absolute atomic E-state index is 11.4. The van der Waals surface area contributed by atoms with Gasteiger partial charge in [0, 0.05) is 11.6 Å². The first-order valence-electron chi connectivity index (χ1n) is 6.88. The topological polar surface area (TPSA) is 60.5 Å². The number of nitrogens with zero attached hydrogens (tertiary/aromatic N) is 1. The number of rotatable bonds is 4. The number of hydrogen-bond donors (Lipinski definition) is 1. The fourth-order valence-electron chi connectivity index (χ4n) is 1.78. The van der Waals surface area contributed by atoms with Crippen LogP contribution in [0, 0.1) is 0 Å². The third kappa shape index (κ3) is 4.95. The van der Waals surface area contributed by atoms with E-state index in [2.05, 4.69) is 10.3 Å². The van der Waals surface area contributed by atoms with E-state index < -0.39 is 11.7 Å². The Kier molecular flexibility index (Phi) is 4.62. The lowest BCUT2D eigenvalue weighted by molar-refractivity contribution is 0.0520. The van der Waals surface area contributed by atoms with Gasteiger partial charge in [-0.25, -0.2) is 4.79 Å². The van der Waals surface area contributed by atoms with Crippen molar-refractivity contribution < 1.29 is 14.3 Å². The molecular formula is C16H20N2O3. The van der Waals surface area contributed by atoms with Gasteiger partial charge in [-0.2, -0.15) is 0 Å². The van der Waals surface area contributed by atoms with Crippen molar-refractivity contribution in [3.05, 3.63) is 36.5 Å². The van der Waals surface area contributed by atoms with E-state index >= 15 is 0 Å². The fourth-order valence-corrected chi connectivity index (χ4v) is 1.78. The molecule has 2 aromatic rings. The van der Waals surface area contributed by atoms with Crippen LogP contribution < -0.4 is 10.1 Å². The second kappa shape index (κ2) is 6.43. The molecule has 0 saturated heterocycles. The van der Waals surface area contributed by atoms with Gasteiger partial charge in [0.1, 0.15) is 18.0 Å². The summed E-state index contributed by atoms with van der Waals surface area (Å²) in [7, 11) is 0. The van der Waals surface area contributed by atoms with Crippen molar-refractivity contribution in [2.24, 2.45) is 0 Å². The average molecular weight is 288 g/mol. The first kappa shape index (κ1) is 15.1. The van der Waals surface area contributed by atoms with Crippen molar-refractivity contribution in [3.63, 3.8) is 0 Å². The van der Waals surface area contributed by atoms with Crippen molar-refractivity contribution >= 4 is 17.0 Å². The number of alkyl carbamates (subject to hydrolysis) is 1. The Morgan fingerprint density at radius 2 is 2.10 bits per heavy atom. The zero-order valence-electron chi connectivity index (χ0n) is 12.6. The fraction of sp³-hybridized carbons (Fsp3) is 0.375. The molecule has 112 valence electrons. The zero-order chi connectivity index (χ0) is 15.3. The second-order valence-electron chi connectivity index (χ2n) is 5.64. The largest absolute Gasteiger partial charge is 0.492 e. The summed E-state index contributed by atoms with van der Waals surface area (Å²) in [4.78, 5) is 15.7. The first-order chi connectivity index (χ1) is 9.94. The SMILES string of the molecule is CC(C)(C)OC(=O)NCCOc1ccc2ncccc2c1. The monoisotopic (exact) mass is 288 g/mol. The van der Waals surface area contributed by atoms with Gasteiger partial charge in [-0.3, -0.25) is 4.98 Å². The molecule has 21 heavy (non-hydrogen) atoms. The molecule has 0 fully saturated rings. The Hall–Kier alpha value is -2.30. The van der Waals surface area contributed by atoms with Crippen LogP contribution >= 0.6 is 0 Å². The number of amides is 1. The maximum atomic E-state index is 11.4. The minimum absolute atomic E-state index is 0.380. The Morgan fingerprint density at radius 3 is 2.86 bits per heavy atom. The molecule has 0 atom stereocenters. The van der Waals surface area contributed by atoms with Crippen LogP contribution in [0.5, 0.6) is 5.75 Å².